The molecule has 34 heavy (non-hydrogen) atoms. The van der Waals surface area contributed by atoms with Gasteiger partial charge in [-0.05, 0) is 91.7 Å². The van der Waals surface area contributed by atoms with Crippen molar-refractivity contribution in [3.63, 3.8) is 0 Å². The molecule has 0 fully saturated rings. The molecule has 0 N–H and O–H groups in total. The lowest BCUT2D eigenvalue weighted by atomic mass is 9.81. The Hall–Kier alpha value is -3.90. The highest BCUT2D eigenvalue weighted by atomic mass is 14.2. The molecule has 5 aromatic carbocycles. The highest BCUT2D eigenvalue weighted by Gasteiger charge is 2.20. The second-order valence-electron chi connectivity index (χ2n) is 9.56. The average molecular weight is 435 g/mol. The van der Waals surface area contributed by atoms with Gasteiger partial charge >= 0.3 is 0 Å². The van der Waals surface area contributed by atoms with Gasteiger partial charge < -0.3 is 0 Å². The van der Waals surface area contributed by atoms with Gasteiger partial charge in [0, 0.05) is 0 Å². The summed E-state index contributed by atoms with van der Waals surface area (Å²) in [7, 11) is 0. The van der Waals surface area contributed by atoms with Crippen molar-refractivity contribution in [3.8, 4) is 11.1 Å². The fourth-order valence-electron chi connectivity index (χ4n) is 6.00. The van der Waals surface area contributed by atoms with Crippen LogP contribution in [0.15, 0.2) is 97.1 Å². The number of hydrogen-bond donors (Lipinski definition) is 0. The van der Waals surface area contributed by atoms with E-state index in [1.807, 2.05) is 0 Å². The van der Waals surface area contributed by atoms with Crippen LogP contribution in [0.3, 0.4) is 0 Å². The minimum Gasteiger partial charge on any atom is -0.0836 e. The fourth-order valence-corrected chi connectivity index (χ4v) is 6.00. The minimum absolute atomic E-state index is 1.08. The summed E-state index contributed by atoms with van der Waals surface area (Å²) in [5, 5.41) is 5.42. The third-order valence-corrected chi connectivity index (χ3v) is 7.61. The molecule has 2 aliphatic rings. The van der Waals surface area contributed by atoms with Crippen LogP contribution < -0.4 is 0 Å². The fraction of sp³-hybridized carbons (Fsp3) is 0.118. The van der Waals surface area contributed by atoms with E-state index in [0.29, 0.717) is 0 Å². The smallest absolute Gasteiger partial charge is 0.00263 e. The van der Waals surface area contributed by atoms with Crippen molar-refractivity contribution in [2.45, 2.75) is 25.7 Å². The predicted octanol–water partition coefficient (Wildman–Crippen LogP) is 9.11. The second-order valence-corrected chi connectivity index (χ2v) is 9.56. The van der Waals surface area contributed by atoms with Crippen molar-refractivity contribution in [2.24, 2.45) is 0 Å². The lowest BCUT2D eigenvalue weighted by Crippen LogP contribution is -2.01. The third-order valence-electron chi connectivity index (χ3n) is 7.61. The van der Waals surface area contributed by atoms with E-state index >= 15 is 0 Å². The van der Waals surface area contributed by atoms with Crippen molar-refractivity contribution >= 4 is 39.3 Å². The zero-order chi connectivity index (χ0) is 22.5. The topological polar surface area (TPSA) is 0 Å². The first-order valence-electron chi connectivity index (χ1n) is 12.4. The van der Waals surface area contributed by atoms with Gasteiger partial charge in [0.2, 0.25) is 0 Å². The summed E-state index contributed by atoms with van der Waals surface area (Å²) in [6.07, 6.45) is 11.4. The van der Waals surface area contributed by atoms with Gasteiger partial charge in [-0.25, -0.2) is 0 Å². The summed E-state index contributed by atoms with van der Waals surface area (Å²) < 4.78 is 0. The predicted molar refractivity (Wildman–Crippen MR) is 147 cm³/mol. The standard InChI is InChI=1S/C34H26/c1-3-11-25-21-27(19-17-23(25)9-1)33-29-13-5-7-15-31(29)34(32-16-8-6-14-30(32)33)28-20-18-24-10-2-4-12-26(24)22-28/h1-3,5-11,13-16,18,20-22H,4,12,17,19H2. The van der Waals surface area contributed by atoms with E-state index in [2.05, 4.69) is 109 Å². The van der Waals surface area contributed by atoms with Crippen LogP contribution in [0.2, 0.25) is 0 Å². The Labute approximate surface area is 200 Å². The van der Waals surface area contributed by atoms with Gasteiger partial charge in [-0.1, -0.05) is 109 Å². The van der Waals surface area contributed by atoms with Gasteiger partial charge in [0.05, 0.1) is 0 Å². The molecule has 0 spiro atoms. The largest absolute Gasteiger partial charge is 0.0836 e. The molecule has 0 radical (unpaired) electrons. The molecule has 0 atom stereocenters. The zero-order valence-electron chi connectivity index (χ0n) is 19.2. The molecule has 0 saturated carbocycles. The lowest BCUT2D eigenvalue weighted by Gasteiger charge is -2.22. The van der Waals surface area contributed by atoms with E-state index in [-0.39, 0.29) is 0 Å². The number of allylic oxidation sites excluding steroid dienone is 2. The molecule has 0 bridgehead atoms. The molecular weight excluding hydrogens is 408 g/mol. The van der Waals surface area contributed by atoms with Crippen LogP contribution in [0.1, 0.15) is 40.7 Å². The first-order valence-corrected chi connectivity index (χ1v) is 12.4. The van der Waals surface area contributed by atoms with E-state index in [0.717, 1.165) is 25.7 Å². The van der Waals surface area contributed by atoms with Crippen molar-refractivity contribution in [1.82, 2.24) is 0 Å². The maximum absolute atomic E-state index is 2.43. The molecule has 0 aliphatic heterocycles. The normalized spacial score (nSPS) is 14.6. The maximum Gasteiger partial charge on any atom is -0.00263 e. The zero-order valence-corrected chi connectivity index (χ0v) is 19.2. The summed E-state index contributed by atoms with van der Waals surface area (Å²) in [5.74, 6) is 0. The van der Waals surface area contributed by atoms with Crippen molar-refractivity contribution in [2.75, 3.05) is 0 Å². The first kappa shape index (κ1) is 19.6. The molecular formula is C34H26. The molecule has 0 heterocycles. The lowest BCUT2D eigenvalue weighted by molar-refractivity contribution is 0.986. The Morgan fingerprint density at radius 3 is 1.94 bits per heavy atom. The Balaban J connectivity index is 1.55. The number of benzene rings is 5. The van der Waals surface area contributed by atoms with Crippen molar-refractivity contribution < 1.29 is 0 Å². The van der Waals surface area contributed by atoms with Crippen LogP contribution in [0, 0.1) is 0 Å². The Kier molecular flexibility index (Phi) is 4.52. The molecule has 0 amide bonds. The summed E-state index contributed by atoms with van der Waals surface area (Å²) in [6.45, 7) is 0. The molecule has 7 rings (SSSR count). The van der Waals surface area contributed by atoms with Crippen LogP contribution in [-0.4, -0.2) is 0 Å². The van der Waals surface area contributed by atoms with Crippen LogP contribution in [0.5, 0.6) is 0 Å². The van der Waals surface area contributed by atoms with E-state index in [9.17, 15) is 0 Å². The van der Waals surface area contributed by atoms with Gasteiger partial charge in [0.15, 0.2) is 0 Å². The maximum atomic E-state index is 2.43. The summed E-state index contributed by atoms with van der Waals surface area (Å²) in [4.78, 5) is 0. The molecule has 0 unspecified atom stereocenters. The van der Waals surface area contributed by atoms with Gasteiger partial charge in [-0.15, -0.1) is 0 Å². The minimum atomic E-state index is 1.08. The Bertz CT molecular complexity index is 1590. The number of fused-ring (bicyclic) bond motifs is 4. The van der Waals surface area contributed by atoms with E-state index in [1.165, 1.54) is 66.1 Å². The number of rotatable bonds is 2. The molecule has 0 saturated heterocycles. The molecule has 0 nitrogen and oxygen atoms in total. The monoisotopic (exact) mass is 434 g/mol. The van der Waals surface area contributed by atoms with E-state index < -0.39 is 0 Å². The molecule has 5 aromatic rings. The SMILES string of the molecule is C1=Cc2ccc(-c3c4ccccc4c(C4=Cc5ccccc5CC4)c4ccccc34)cc2CC1. The average Bonchev–Trinajstić information content (AvgIpc) is 2.91. The van der Waals surface area contributed by atoms with Crippen LogP contribution in [0.4, 0.5) is 0 Å². The molecule has 0 heteroatoms. The number of hydrogen-bond acceptors (Lipinski definition) is 0. The summed E-state index contributed by atoms with van der Waals surface area (Å²) in [5.41, 5.74) is 11.2. The second kappa shape index (κ2) is 7.85. The van der Waals surface area contributed by atoms with Crippen molar-refractivity contribution in [3.05, 3.63) is 125 Å². The van der Waals surface area contributed by atoms with Crippen LogP contribution in [-0.2, 0) is 12.8 Å². The highest BCUT2D eigenvalue weighted by molar-refractivity contribution is 6.19. The molecule has 2 aliphatic carbocycles. The van der Waals surface area contributed by atoms with Gasteiger partial charge in [0.25, 0.3) is 0 Å². The van der Waals surface area contributed by atoms with E-state index in [4.69, 9.17) is 0 Å². The van der Waals surface area contributed by atoms with Crippen molar-refractivity contribution in [1.29, 1.82) is 0 Å². The molecule has 162 valence electrons. The quantitative estimate of drug-likeness (QED) is 0.243. The number of aryl methyl sites for hydroxylation is 2. The summed E-state index contributed by atoms with van der Waals surface area (Å²) in [6, 6.07) is 33.9. The van der Waals surface area contributed by atoms with Crippen LogP contribution in [0.25, 0.3) is 50.4 Å². The first-order chi connectivity index (χ1) is 16.9. The molecule has 0 aromatic heterocycles. The summed E-state index contributed by atoms with van der Waals surface area (Å²) >= 11 is 0. The Morgan fingerprint density at radius 1 is 0.500 bits per heavy atom. The van der Waals surface area contributed by atoms with E-state index in [1.54, 1.807) is 0 Å². The van der Waals surface area contributed by atoms with Gasteiger partial charge in [-0.3, -0.25) is 0 Å². The highest BCUT2D eigenvalue weighted by Crippen LogP contribution is 2.44. The third kappa shape index (κ3) is 3.06. The Morgan fingerprint density at radius 2 is 1.18 bits per heavy atom. The van der Waals surface area contributed by atoms with Crippen LogP contribution >= 0.6 is 0 Å². The van der Waals surface area contributed by atoms with Gasteiger partial charge in [-0.2, -0.15) is 0 Å². The van der Waals surface area contributed by atoms with Gasteiger partial charge in [0.1, 0.15) is 0 Å².